The zero-order chi connectivity index (χ0) is 15.2. The highest BCUT2D eigenvalue weighted by Crippen LogP contribution is 2.17. The average Bonchev–Trinajstić information content (AvgIpc) is 2.81. The first-order valence-corrected chi connectivity index (χ1v) is 7.73. The molecule has 1 heterocycles. The van der Waals surface area contributed by atoms with E-state index in [9.17, 15) is 0 Å². The minimum atomic E-state index is 0.475. The van der Waals surface area contributed by atoms with Crippen molar-refractivity contribution in [3.05, 3.63) is 46.7 Å². The number of halogens is 1. The number of benzene rings is 1. The van der Waals surface area contributed by atoms with Gasteiger partial charge in [-0.1, -0.05) is 42.8 Å². The smallest absolute Gasteiger partial charge is 0.0830 e. The van der Waals surface area contributed by atoms with E-state index in [0.717, 1.165) is 30.1 Å². The molecule has 0 fully saturated rings. The largest absolute Gasteiger partial charge is 0.314 e. The van der Waals surface area contributed by atoms with Crippen LogP contribution in [0.4, 0.5) is 0 Å². The first kappa shape index (κ1) is 16.0. The van der Waals surface area contributed by atoms with E-state index >= 15 is 0 Å². The monoisotopic (exact) mass is 306 g/mol. The lowest BCUT2D eigenvalue weighted by Gasteiger charge is -2.18. The molecule has 1 aromatic heterocycles. The molecule has 2 aromatic rings. The van der Waals surface area contributed by atoms with Crippen molar-refractivity contribution < 1.29 is 0 Å². The SMILES string of the molecule is CC(C)NCC(Cc1cccc(Cl)c1)Cc1cn(C)nn1. The Labute approximate surface area is 131 Å². The summed E-state index contributed by atoms with van der Waals surface area (Å²) in [5.74, 6) is 0.475. The maximum atomic E-state index is 6.08. The molecule has 0 bridgehead atoms. The Balaban J connectivity index is 2.04. The molecule has 1 unspecified atom stereocenters. The highest BCUT2D eigenvalue weighted by Gasteiger charge is 2.13. The van der Waals surface area contributed by atoms with Crippen LogP contribution in [0, 0.1) is 5.92 Å². The fourth-order valence-corrected chi connectivity index (χ4v) is 2.61. The molecule has 5 heteroatoms. The number of hydrogen-bond donors (Lipinski definition) is 1. The van der Waals surface area contributed by atoms with Crippen molar-refractivity contribution in [1.29, 1.82) is 0 Å². The Bertz CT molecular complexity index is 565. The quantitative estimate of drug-likeness (QED) is 0.855. The molecular formula is C16H23ClN4. The van der Waals surface area contributed by atoms with Crippen LogP contribution in [0.5, 0.6) is 0 Å². The van der Waals surface area contributed by atoms with Crippen LogP contribution in [0.25, 0.3) is 0 Å². The van der Waals surface area contributed by atoms with Crippen molar-refractivity contribution in [3.63, 3.8) is 0 Å². The number of aryl methyl sites for hydroxylation is 1. The summed E-state index contributed by atoms with van der Waals surface area (Å²) in [4.78, 5) is 0. The van der Waals surface area contributed by atoms with Crippen LogP contribution in [-0.4, -0.2) is 27.6 Å². The van der Waals surface area contributed by atoms with E-state index in [1.807, 2.05) is 31.4 Å². The number of rotatable bonds is 7. The Morgan fingerprint density at radius 3 is 2.71 bits per heavy atom. The predicted molar refractivity (Wildman–Crippen MR) is 86.5 cm³/mol. The molecular weight excluding hydrogens is 284 g/mol. The van der Waals surface area contributed by atoms with Crippen molar-refractivity contribution in [2.75, 3.05) is 6.54 Å². The summed E-state index contributed by atoms with van der Waals surface area (Å²) in [5.41, 5.74) is 2.30. The van der Waals surface area contributed by atoms with Crippen LogP contribution < -0.4 is 5.32 Å². The third-order valence-corrected chi connectivity index (χ3v) is 3.61. The zero-order valence-corrected chi connectivity index (χ0v) is 13.6. The Morgan fingerprint density at radius 2 is 2.10 bits per heavy atom. The number of hydrogen-bond acceptors (Lipinski definition) is 3. The van der Waals surface area contributed by atoms with Gasteiger partial charge in [-0.15, -0.1) is 5.10 Å². The number of nitrogens with one attached hydrogen (secondary N) is 1. The normalized spacial score (nSPS) is 12.8. The third kappa shape index (κ3) is 5.48. The van der Waals surface area contributed by atoms with Gasteiger partial charge in [-0.05, 0) is 43.0 Å². The van der Waals surface area contributed by atoms with Crippen molar-refractivity contribution >= 4 is 11.6 Å². The van der Waals surface area contributed by atoms with Gasteiger partial charge in [0.05, 0.1) is 5.69 Å². The van der Waals surface area contributed by atoms with E-state index in [1.165, 1.54) is 5.56 Å². The summed E-state index contributed by atoms with van der Waals surface area (Å²) in [7, 11) is 1.90. The van der Waals surface area contributed by atoms with Gasteiger partial charge in [0.25, 0.3) is 0 Å². The first-order chi connectivity index (χ1) is 10.0. The highest BCUT2D eigenvalue weighted by molar-refractivity contribution is 6.30. The molecule has 1 aromatic carbocycles. The van der Waals surface area contributed by atoms with E-state index in [0.29, 0.717) is 12.0 Å². The molecule has 1 N–H and O–H groups in total. The fourth-order valence-electron chi connectivity index (χ4n) is 2.40. The minimum Gasteiger partial charge on any atom is -0.314 e. The lowest BCUT2D eigenvalue weighted by atomic mass is 9.94. The van der Waals surface area contributed by atoms with Gasteiger partial charge in [-0.2, -0.15) is 0 Å². The van der Waals surface area contributed by atoms with Crippen molar-refractivity contribution in [2.24, 2.45) is 13.0 Å². The van der Waals surface area contributed by atoms with Gasteiger partial charge < -0.3 is 5.32 Å². The summed E-state index contributed by atoms with van der Waals surface area (Å²) in [5, 5.41) is 12.5. The molecule has 0 spiro atoms. The first-order valence-electron chi connectivity index (χ1n) is 7.36. The van der Waals surface area contributed by atoms with Gasteiger partial charge in [0.2, 0.25) is 0 Å². The van der Waals surface area contributed by atoms with Gasteiger partial charge in [-0.3, -0.25) is 4.68 Å². The lowest BCUT2D eigenvalue weighted by Crippen LogP contribution is -2.31. The lowest BCUT2D eigenvalue weighted by molar-refractivity contribution is 0.441. The summed E-state index contributed by atoms with van der Waals surface area (Å²) >= 11 is 6.08. The molecule has 1 atom stereocenters. The van der Waals surface area contributed by atoms with E-state index in [4.69, 9.17) is 11.6 Å². The Kier molecular flexibility index (Phi) is 5.76. The van der Waals surface area contributed by atoms with E-state index < -0.39 is 0 Å². The fraction of sp³-hybridized carbons (Fsp3) is 0.500. The van der Waals surface area contributed by atoms with Crippen LogP contribution >= 0.6 is 11.6 Å². The standard InChI is InChI=1S/C16H23ClN4/c1-12(2)18-10-14(9-16-11-21(3)20-19-16)7-13-5-4-6-15(17)8-13/h4-6,8,11-12,14,18H,7,9-10H2,1-3H3. The predicted octanol–water partition coefficient (Wildman–Crippen LogP) is 2.87. The van der Waals surface area contributed by atoms with Crippen LogP contribution in [0.2, 0.25) is 5.02 Å². The molecule has 0 saturated heterocycles. The van der Waals surface area contributed by atoms with Crippen LogP contribution in [0.3, 0.4) is 0 Å². The van der Waals surface area contributed by atoms with E-state index in [-0.39, 0.29) is 0 Å². The van der Waals surface area contributed by atoms with Crippen LogP contribution in [0.1, 0.15) is 25.1 Å². The number of nitrogens with zero attached hydrogens (tertiary/aromatic N) is 3. The van der Waals surface area contributed by atoms with Crippen molar-refractivity contribution in [1.82, 2.24) is 20.3 Å². The summed E-state index contributed by atoms with van der Waals surface area (Å²) in [6.07, 6.45) is 3.89. The average molecular weight is 307 g/mol. The van der Waals surface area contributed by atoms with Gasteiger partial charge in [0.15, 0.2) is 0 Å². The van der Waals surface area contributed by atoms with E-state index in [1.54, 1.807) is 4.68 Å². The second-order valence-corrected chi connectivity index (χ2v) is 6.29. The Morgan fingerprint density at radius 1 is 1.29 bits per heavy atom. The van der Waals surface area contributed by atoms with Gasteiger partial charge >= 0.3 is 0 Å². The van der Waals surface area contributed by atoms with Gasteiger partial charge in [-0.25, -0.2) is 0 Å². The molecule has 0 radical (unpaired) electrons. The highest BCUT2D eigenvalue weighted by atomic mass is 35.5. The van der Waals surface area contributed by atoms with Crippen LogP contribution in [0.15, 0.2) is 30.5 Å². The molecule has 4 nitrogen and oxygen atoms in total. The third-order valence-electron chi connectivity index (χ3n) is 3.38. The summed E-state index contributed by atoms with van der Waals surface area (Å²) in [6.45, 7) is 5.29. The molecule has 0 amide bonds. The zero-order valence-electron chi connectivity index (χ0n) is 12.9. The molecule has 0 aliphatic heterocycles. The van der Waals surface area contributed by atoms with Crippen molar-refractivity contribution in [3.8, 4) is 0 Å². The molecule has 0 aliphatic rings. The number of aromatic nitrogens is 3. The maximum Gasteiger partial charge on any atom is 0.0830 e. The second kappa shape index (κ2) is 7.57. The van der Waals surface area contributed by atoms with Crippen molar-refractivity contribution in [2.45, 2.75) is 32.7 Å². The Hall–Kier alpha value is -1.39. The maximum absolute atomic E-state index is 6.08. The molecule has 114 valence electrons. The van der Waals surface area contributed by atoms with Crippen LogP contribution in [-0.2, 0) is 19.9 Å². The summed E-state index contributed by atoms with van der Waals surface area (Å²) in [6, 6.07) is 8.57. The molecule has 21 heavy (non-hydrogen) atoms. The molecule has 2 rings (SSSR count). The topological polar surface area (TPSA) is 42.7 Å². The van der Waals surface area contributed by atoms with E-state index in [2.05, 4.69) is 35.5 Å². The van der Waals surface area contributed by atoms with Gasteiger partial charge in [0, 0.05) is 24.3 Å². The second-order valence-electron chi connectivity index (χ2n) is 5.85. The molecule has 0 saturated carbocycles. The minimum absolute atomic E-state index is 0.475. The summed E-state index contributed by atoms with van der Waals surface area (Å²) < 4.78 is 1.75. The van der Waals surface area contributed by atoms with Gasteiger partial charge in [0.1, 0.15) is 0 Å². The molecule has 0 aliphatic carbocycles.